The SMILES string of the molecule is [CH2]CCCC1(F)C(F)(F)C(F)(F)C(F)(F)C(F)(F)C1(F)F. The van der Waals surface area contributed by atoms with Gasteiger partial charge in [-0.25, -0.2) is 4.39 Å². The third-order valence-corrected chi connectivity index (χ3v) is 3.34. The van der Waals surface area contributed by atoms with Crippen LogP contribution in [0, 0.1) is 6.92 Å². The minimum atomic E-state index is -7.13. The Hall–Kier alpha value is -0.770. The summed E-state index contributed by atoms with van der Waals surface area (Å²) in [4.78, 5) is 0. The average Bonchev–Trinajstić information content (AvgIpc) is 2.33. The summed E-state index contributed by atoms with van der Waals surface area (Å²) in [5, 5.41) is 0. The standard InChI is InChI=1S/C10H8F11/c1-2-3-4-5(11)6(12,13)8(16,17)10(20,21)9(18,19)7(5,14)15/h1-4H2. The lowest BCUT2D eigenvalue weighted by Crippen LogP contribution is -2.83. The van der Waals surface area contributed by atoms with Crippen LogP contribution >= 0.6 is 0 Å². The lowest BCUT2D eigenvalue weighted by molar-refractivity contribution is -0.485. The van der Waals surface area contributed by atoms with Crippen molar-refractivity contribution in [1.29, 1.82) is 0 Å². The molecule has 21 heavy (non-hydrogen) atoms. The molecule has 0 N–H and O–H groups in total. The van der Waals surface area contributed by atoms with Gasteiger partial charge in [-0.1, -0.05) is 13.3 Å². The Kier molecular flexibility index (Phi) is 3.81. The molecule has 11 heteroatoms. The van der Waals surface area contributed by atoms with Gasteiger partial charge in [-0.15, -0.1) is 0 Å². The highest BCUT2D eigenvalue weighted by atomic mass is 19.4. The van der Waals surface area contributed by atoms with Gasteiger partial charge in [-0.05, 0) is 12.8 Å². The Morgan fingerprint density at radius 1 is 0.524 bits per heavy atom. The van der Waals surface area contributed by atoms with E-state index in [-0.39, 0.29) is 0 Å². The predicted octanol–water partition coefficient (Wildman–Crippen LogP) is 4.89. The summed E-state index contributed by atoms with van der Waals surface area (Å²) in [5.41, 5.74) is -5.84. The molecule has 0 amide bonds. The summed E-state index contributed by atoms with van der Waals surface area (Å²) in [6.45, 7) is 2.92. The Morgan fingerprint density at radius 3 is 1.10 bits per heavy atom. The molecule has 0 unspecified atom stereocenters. The van der Waals surface area contributed by atoms with E-state index in [0.29, 0.717) is 0 Å². The van der Waals surface area contributed by atoms with Crippen LogP contribution in [-0.4, -0.2) is 35.3 Å². The van der Waals surface area contributed by atoms with Crippen LogP contribution in [0.5, 0.6) is 0 Å². The van der Waals surface area contributed by atoms with Crippen molar-refractivity contribution in [1.82, 2.24) is 0 Å². The molecule has 0 aromatic heterocycles. The van der Waals surface area contributed by atoms with Gasteiger partial charge in [0, 0.05) is 0 Å². The van der Waals surface area contributed by atoms with Crippen LogP contribution in [0.2, 0.25) is 0 Å². The van der Waals surface area contributed by atoms with E-state index in [1.54, 1.807) is 0 Å². The highest BCUT2D eigenvalue weighted by molar-refractivity contribution is 5.26. The molecule has 1 aliphatic rings. The highest BCUT2D eigenvalue weighted by Gasteiger charge is 3.00. The van der Waals surface area contributed by atoms with Crippen molar-refractivity contribution in [2.75, 3.05) is 0 Å². The van der Waals surface area contributed by atoms with Crippen molar-refractivity contribution in [3.05, 3.63) is 6.92 Å². The van der Waals surface area contributed by atoms with Crippen LogP contribution in [0.3, 0.4) is 0 Å². The second-order valence-electron chi connectivity index (χ2n) is 4.63. The van der Waals surface area contributed by atoms with E-state index in [4.69, 9.17) is 0 Å². The van der Waals surface area contributed by atoms with Crippen LogP contribution in [0.15, 0.2) is 0 Å². The van der Waals surface area contributed by atoms with E-state index < -0.39 is 54.5 Å². The maximum absolute atomic E-state index is 13.8. The smallest absolute Gasteiger partial charge is 0.230 e. The van der Waals surface area contributed by atoms with E-state index in [9.17, 15) is 48.3 Å². The van der Waals surface area contributed by atoms with Gasteiger partial charge in [0.2, 0.25) is 5.67 Å². The van der Waals surface area contributed by atoms with Crippen molar-refractivity contribution in [3.63, 3.8) is 0 Å². The molecule has 1 rings (SSSR count). The van der Waals surface area contributed by atoms with Crippen LogP contribution in [0.1, 0.15) is 19.3 Å². The zero-order valence-electron chi connectivity index (χ0n) is 9.99. The molecule has 0 spiro atoms. The van der Waals surface area contributed by atoms with Crippen molar-refractivity contribution in [3.8, 4) is 0 Å². The molecule has 1 saturated carbocycles. The lowest BCUT2D eigenvalue weighted by atomic mass is 9.70. The topological polar surface area (TPSA) is 0 Å². The molecule has 1 radical (unpaired) electrons. The van der Waals surface area contributed by atoms with Crippen LogP contribution in [0.25, 0.3) is 0 Å². The van der Waals surface area contributed by atoms with Crippen molar-refractivity contribution in [2.45, 2.75) is 54.5 Å². The highest BCUT2D eigenvalue weighted by Crippen LogP contribution is 2.70. The average molecular weight is 337 g/mol. The van der Waals surface area contributed by atoms with E-state index in [1.807, 2.05) is 0 Å². The van der Waals surface area contributed by atoms with Gasteiger partial charge in [0.15, 0.2) is 0 Å². The fourth-order valence-corrected chi connectivity index (χ4v) is 1.97. The molecule has 0 heterocycles. The fourth-order valence-electron chi connectivity index (χ4n) is 1.97. The second-order valence-corrected chi connectivity index (χ2v) is 4.63. The summed E-state index contributed by atoms with van der Waals surface area (Å²) in [7, 11) is 0. The van der Waals surface area contributed by atoms with E-state index >= 15 is 0 Å². The van der Waals surface area contributed by atoms with Gasteiger partial charge in [0.25, 0.3) is 0 Å². The van der Waals surface area contributed by atoms with Gasteiger partial charge in [-0.3, -0.25) is 0 Å². The van der Waals surface area contributed by atoms with Crippen LogP contribution < -0.4 is 0 Å². The maximum atomic E-state index is 13.8. The summed E-state index contributed by atoms with van der Waals surface area (Å²) in [6, 6.07) is 0. The van der Waals surface area contributed by atoms with Gasteiger partial charge >= 0.3 is 29.6 Å². The molecule has 0 aromatic carbocycles. The second kappa shape index (κ2) is 4.37. The summed E-state index contributed by atoms with van der Waals surface area (Å²) < 4.78 is 144. The summed E-state index contributed by atoms with van der Waals surface area (Å²) in [6.07, 6.45) is -3.73. The zero-order valence-corrected chi connectivity index (χ0v) is 9.99. The largest absolute Gasteiger partial charge is 0.384 e. The number of rotatable bonds is 3. The lowest BCUT2D eigenvalue weighted by Gasteiger charge is -2.52. The first-order valence-electron chi connectivity index (χ1n) is 5.43. The molecule has 0 aliphatic heterocycles. The minimum Gasteiger partial charge on any atom is -0.230 e. The third-order valence-electron chi connectivity index (χ3n) is 3.34. The molecule has 0 bridgehead atoms. The zero-order chi connectivity index (χ0) is 17.1. The fraction of sp³-hybridized carbons (Fsp3) is 0.900. The number of alkyl halides is 11. The number of hydrogen-bond acceptors (Lipinski definition) is 0. The van der Waals surface area contributed by atoms with Crippen LogP contribution in [-0.2, 0) is 0 Å². The molecule has 0 saturated heterocycles. The molecule has 0 aromatic rings. The van der Waals surface area contributed by atoms with E-state index in [1.165, 1.54) is 0 Å². The van der Waals surface area contributed by atoms with Gasteiger partial charge < -0.3 is 0 Å². The number of halogens is 11. The molecule has 0 atom stereocenters. The quantitative estimate of drug-likeness (QED) is 0.644. The first kappa shape index (κ1) is 18.3. The first-order chi connectivity index (χ1) is 9.06. The molecular formula is C10H8F11. The molecule has 0 nitrogen and oxygen atoms in total. The summed E-state index contributed by atoms with van der Waals surface area (Å²) >= 11 is 0. The molecule has 125 valence electrons. The van der Waals surface area contributed by atoms with Crippen molar-refractivity contribution < 1.29 is 48.3 Å². The monoisotopic (exact) mass is 337 g/mol. The number of unbranched alkanes of at least 4 members (excludes halogenated alkanes) is 1. The Bertz CT molecular complexity index is 381. The Balaban J connectivity index is 3.66. The molecule has 1 fully saturated rings. The third kappa shape index (κ3) is 1.68. The normalized spacial score (nSPS) is 30.9. The van der Waals surface area contributed by atoms with E-state index in [2.05, 4.69) is 6.92 Å². The van der Waals surface area contributed by atoms with Crippen LogP contribution in [0.4, 0.5) is 48.3 Å². The van der Waals surface area contributed by atoms with Crippen molar-refractivity contribution in [2.24, 2.45) is 0 Å². The first-order valence-corrected chi connectivity index (χ1v) is 5.43. The van der Waals surface area contributed by atoms with E-state index in [0.717, 1.165) is 0 Å². The van der Waals surface area contributed by atoms with Gasteiger partial charge in [0.1, 0.15) is 0 Å². The van der Waals surface area contributed by atoms with Gasteiger partial charge in [0.05, 0.1) is 0 Å². The Labute approximate surface area is 111 Å². The number of hydrogen-bond donors (Lipinski definition) is 0. The predicted molar refractivity (Wildman–Crippen MR) is 47.8 cm³/mol. The maximum Gasteiger partial charge on any atom is 0.384 e. The Morgan fingerprint density at radius 2 is 0.810 bits per heavy atom. The molecule has 1 aliphatic carbocycles. The van der Waals surface area contributed by atoms with Gasteiger partial charge in [-0.2, -0.15) is 43.9 Å². The van der Waals surface area contributed by atoms with Crippen molar-refractivity contribution >= 4 is 0 Å². The summed E-state index contributed by atoms with van der Waals surface area (Å²) in [5.74, 6) is -34.5. The minimum absolute atomic E-state index is 0.536. The molecular weight excluding hydrogens is 329 g/mol.